The summed E-state index contributed by atoms with van der Waals surface area (Å²) < 4.78 is 10.8. The van der Waals surface area contributed by atoms with Crippen LogP contribution in [0.1, 0.15) is 5.76 Å². The fourth-order valence-corrected chi connectivity index (χ4v) is 1.28. The Bertz CT molecular complexity index is 471. The Morgan fingerprint density at radius 1 is 1.25 bits per heavy atom. The van der Waals surface area contributed by atoms with Gasteiger partial charge in [-0.2, -0.15) is 4.74 Å². The van der Waals surface area contributed by atoms with Crippen molar-refractivity contribution < 1.29 is 13.9 Å². The van der Waals surface area contributed by atoms with E-state index in [0.717, 1.165) is 10.5 Å². The second-order valence-electron chi connectivity index (χ2n) is 3.17. The third-order valence-corrected chi connectivity index (χ3v) is 2.11. The van der Waals surface area contributed by atoms with Crippen LogP contribution in [0.3, 0.4) is 0 Å². The standard InChI is InChI=1S/C12H11NO3/c1-15-11-6-4-10(5-7-11)13(14)9-12-3-2-8-16-12/h2-9H,1H3. The van der Waals surface area contributed by atoms with Crippen LogP contribution in [0, 0.1) is 5.21 Å². The van der Waals surface area contributed by atoms with Crippen LogP contribution in [0.5, 0.6) is 5.75 Å². The first-order valence-electron chi connectivity index (χ1n) is 4.78. The molecule has 1 aromatic carbocycles. The van der Waals surface area contributed by atoms with Gasteiger partial charge < -0.3 is 14.4 Å². The van der Waals surface area contributed by atoms with Gasteiger partial charge in [0.2, 0.25) is 11.9 Å². The number of rotatable bonds is 3. The van der Waals surface area contributed by atoms with Crippen molar-refractivity contribution in [2.24, 2.45) is 0 Å². The molecule has 2 rings (SSSR count). The zero-order valence-electron chi connectivity index (χ0n) is 8.79. The van der Waals surface area contributed by atoms with Crippen LogP contribution < -0.4 is 4.74 Å². The van der Waals surface area contributed by atoms with E-state index in [0.29, 0.717) is 11.4 Å². The summed E-state index contributed by atoms with van der Waals surface area (Å²) in [5, 5.41) is 11.7. The average Bonchev–Trinajstić information content (AvgIpc) is 2.82. The number of benzene rings is 1. The van der Waals surface area contributed by atoms with Gasteiger partial charge in [-0.05, 0) is 24.3 Å². The third-order valence-electron chi connectivity index (χ3n) is 2.11. The van der Waals surface area contributed by atoms with Gasteiger partial charge in [-0.3, -0.25) is 0 Å². The van der Waals surface area contributed by atoms with Crippen molar-refractivity contribution in [2.75, 3.05) is 7.11 Å². The molecule has 0 spiro atoms. The molecule has 0 aliphatic carbocycles. The molecular formula is C12H11NO3. The van der Waals surface area contributed by atoms with Crippen molar-refractivity contribution in [2.45, 2.75) is 0 Å². The first-order valence-corrected chi connectivity index (χ1v) is 4.78. The highest BCUT2D eigenvalue weighted by molar-refractivity contribution is 5.72. The minimum atomic E-state index is 0.519. The largest absolute Gasteiger partial charge is 0.618 e. The predicted octanol–water partition coefficient (Wildman–Crippen LogP) is 2.55. The second-order valence-corrected chi connectivity index (χ2v) is 3.17. The van der Waals surface area contributed by atoms with Crippen LogP contribution in [-0.4, -0.2) is 18.1 Å². The maximum Gasteiger partial charge on any atom is 0.223 e. The molecule has 0 unspecified atom stereocenters. The lowest BCUT2D eigenvalue weighted by molar-refractivity contribution is -0.354. The topological polar surface area (TPSA) is 48.4 Å². The Morgan fingerprint density at radius 2 is 2.00 bits per heavy atom. The molecule has 1 heterocycles. The molecule has 0 saturated carbocycles. The molecule has 2 aromatic rings. The summed E-state index contributed by atoms with van der Waals surface area (Å²) >= 11 is 0. The van der Waals surface area contributed by atoms with Crippen molar-refractivity contribution in [3.63, 3.8) is 0 Å². The predicted molar refractivity (Wildman–Crippen MR) is 60.2 cm³/mol. The number of methoxy groups -OCH3 is 1. The number of hydrogen-bond acceptors (Lipinski definition) is 3. The van der Waals surface area contributed by atoms with E-state index in [-0.39, 0.29) is 0 Å². The molecule has 4 heteroatoms. The third kappa shape index (κ3) is 2.23. The van der Waals surface area contributed by atoms with Gasteiger partial charge in [0.1, 0.15) is 5.75 Å². The number of hydrogen-bond donors (Lipinski definition) is 0. The summed E-state index contributed by atoms with van der Waals surface area (Å²) in [7, 11) is 1.58. The van der Waals surface area contributed by atoms with E-state index in [1.165, 1.54) is 12.5 Å². The summed E-state index contributed by atoms with van der Waals surface area (Å²) in [6.45, 7) is 0. The monoisotopic (exact) mass is 217 g/mol. The molecule has 0 fully saturated rings. The van der Waals surface area contributed by atoms with Crippen LogP contribution in [0.2, 0.25) is 0 Å². The van der Waals surface area contributed by atoms with Crippen molar-refractivity contribution in [3.05, 3.63) is 53.6 Å². The summed E-state index contributed by atoms with van der Waals surface area (Å²) in [6, 6.07) is 10.3. The van der Waals surface area contributed by atoms with Gasteiger partial charge in [-0.25, -0.2) is 0 Å². The Morgan fingerprint density at radius 3 is 2.56 bits per heavy atom. The first kappa shape index (κ1) is 10.3. The van der Waals surface area contributed by atoms with Crippen LogP contribution in [0.15, 0.2) is 47.1 Å². The normalized spacial score (nSPS) is 11.4. The molecule has 4 nitrogen and oxygen atoms in total. The molecule has 82 valence electrons. The number of furan rings is 1. The summed E-state index contributed by atoms with van der Waals surface area (Å²) in [4.78, 5) is 0. The smallest absolute Gasteiger partial charge is 0.223 e. The van der Waals surface area contributed by atoms with E-state index in [9.17, 15) is 5.21 Å². The lowest BCUT2D eigenvalue weighted by Crippen LogP contribution is -1.97. The molecule has 0 bridgehead atoms. The van der Waals surface area contributed by atoms with Crippen LogP contribution in [0.25, 0.3) is 0 Å². The minimum absolute atomic E-state index is 0.519. The van der Waals surface area contributed by atoms with E-state index in [1.54, 1.807) is 43.5 Å². The summed E-state index contributed by atoms with van der Waals surface area (Å²) in [5.74, 6) is 1.24. The van der Waals surface area contributed by atoms with Crippen molar-refractivity contribution in [1.82, 2.24) is 0 Å². The van der Waals surface area contributed by atoms with E-state index >= 15 is 0 Å². The number of nitrogens with zero attached hydrogens (tertiary/aromatic N) is 1. The van der Waals surface area contributed by atoms with E-state index in [4.69, 9.17) is 9.15 Å². The van der Waals surface area contributed by atoms with Crippen LogP contribution in [-0.2, 0) is 0 Å². The molecule has 0 saturated heterocycles. The highest BCUT2D eigenvalue weighted by Gasteiger charge is 2.03. The Hall–Kier alpha value is -2.23. The van der Waals surface area contributed by atoms with Gasteiger partial charge in [0, 0.05) is 12.1 Å². The maximum absolute atomic E-state index is 11.7. The molecular weight excluding hydrogens is 206 g/mol. The zero-order chi connectivity index (χ0) is 11.4. The first-order chi connectivity index (χ1) is 7.79. The van der Waals surface area contributed by atoms with Crippen molar-refractivity contribution >= 4 is 11.9 Å². The van der Waals surface area contributed by atoms with Crippen molar-refractivity contribution in [1.29, 1.82) is 0 Å². The van der Waals surface area contributed by atoms with E-state index in [2.05, 4.69) is 0 Å². The van der Waals surface area contributed by atoms with Crippen molar-refractivity contribution in [3.8, 4) is 5.75 Å². The van der Waals surface area contributed by atoms with E-state index in [1.807, 2.05) is 0 Å². The molecule has 0 aliphatic rings. The SMILES string of the molecule is COc1ccc([N+]([O-])=Cc2ccco2)cc1. The Kier molecular flexibility index (Phi) is 2.91. The lowest BCUT2D eigenvalue weighted by atomic mass is 10.3. The molecule has 1 aromatic heterocycles. The molecule has 0 N–H and O–H groups in total. The van der Waals surface area contributed by atoms with Gasteiger partial charge in [0.15, 0.2) is 5.76 Å². The Balaban J connectivity index is 2.23. The van der Waals surface area contributed by atoms with Gasteiger partial charge >= 0.3 is 0 Å². The summed E-state index contributed by atoms with van der Waals surface area (Å²) in [5.41, 5.74) is 0.525. The highest BCUT2D eigenvalue weighted by Crippen LogP contribution is 2.17. The van der Waals surface area contributed by atoms with E-state index < -0.39 is 0 Å². The van der Waals surface area contributed by atoms with Crippen LogP contribution in [0.4, 0.5) is 5.69 Å². The van der Waals surface area contributed by atoms with Gasteiger partial charge in [0.25, 0.3) is 0 Å². The number of ether oxygens (including phenoxy) is 1. The Labute approximate surface area is 93.0 Å². The molecule has 0 aliphatic heterocycles. The average molecular weight is 217 g/mol. The fraction of sp³-hybridized carbons (Fsp3) is 0.0833. The fourth-order valence-electron chi connectivity index (χ4n) is 1.28. The minimum Gasteiger partial charge on any atom is -0.618 e. The zero-order valence-corrected chi connectivity index (χ0v) is 8.79. The second kappa shape index (κ2) is 4.53. The quantitative estimate of drug-likeness (QED) is 0.343. The van der Waals surface area contributed by atoms with Gasteiger partial charge in [-0.1, -0.05) is 0 Å². The van der Waals surface area contributed by atoms with Gasteiger partial charge in [-0.15, -0.1) is 0 Å². The molecule has 16 heavy (non-hydrogen) atoms. The lowest BCUT2D eigenvalue weighted by Gasteiger charge is -2.03. The summed E-state index contributed by atoms with van der Waals surface area (Å²) in [6.07, 6.45) is 2.90. The maximum atomic E-state index is 11.7. The highest BCUT2D eigenvalue weighted by atomic mass is 16.5. The van der Waals surface area contributed by atoms with Crippen LogP contribution >= 0.6 is 0 Å². The van der Waals surface area contributed by atoms with Gasteiger partial charge in [0.05, 0.1) is 13.4 Å². The molecule has 0 atom stereocenters. The molecule has 0 amide bonds. The molecule has 0 radical (unpaired) electrons.